The first-order chi connectivity index (χ1) is 10.1. The van der Waals surface area contributed by atoms with Crippen LogP contribution in [0.3, 0.4) is 0 Å². The summed E-state index contributed by atoms with van der Waals surface area (Å²) in [5.74, 6) is 0.679. The molecule has 0 aliphatic rings. The van der Waals surface area contributed by atoms with Gasteiger partial charge in [0.2, 0.25) is 5.75 Å². The maximum absolute atomic E-state index is 12.6. The van der Waals surface area contributed by atoms with Crippen molar-refractivity contribution >= 4 is 5.65 Å². The minimum atomic E-state index is -0.157. The van der Waals surface area contributed by atoms with Crippen molar-refractivity contribution in [3.05, 3.63) is 39.9 Å². The lowest BCUT2D eigenvalue weighted by molar-refractivity contribution is 0.144. The van der Waals surface area contributed by atoms with Crippen LogP contribution in [0.15, 0.2) is 23.1 Å². The van der Waals surface area contributed by atoms with E-state index in [4.69, 9.17) is 9.47 Å². The molecule has 5 heteroatoms. The quantitative estimate of drug-likeness (QED) is 0.767. The normalized spacial score (nSPS) is 11.3. The Morgan fingerprint density at radius 2 is 2.05 bits per heavy atom. The molecular formula is C16H22N2O3. The number of aryl methyl sites for hydroxylation is 1. The fourth-order valence-corrected chi connectivity index (χ4v) is 2.14. The smallest absolute Gasteiger partial charge is 0.300 e. The molecule has 0 N–H and O–H groups in total. The maximum Gasteiger partial charge on any atom is 0.300 e. The molecule has 2 aromatic rings. The molecule has 5 nitrogen and oxygen atoms in total. The molecule has 2 aromatic heterocycles. The van der Waals surface area contributed by atoms with Crippen molar-refractivity contribution < 1.29 is 9.47 Å². The lowest BCUT2D eigenvalue weighted by Gasteiger charge is -2.12. The number of ether oxygens (including phenoxy) is 2. The summed E-state index contributed by atoms with van der Waals surface area (Å²) in [6.45, 7) is 6.93. The standard InChI is InChI=1S/C16H22N2O3/c1-5-13-15(21-9-8-20-4)16(19)18-10-12(11(2)3)6-7-14(18)17-13/h6-7,10-11H,5,8-9H2,1-4H3. The van der Waals surface area contributed by atoms with Crippen LogP contribution in [-0.2, 0) is 11.2 Å². The van der Waals surface area contributed by atoms with Gasteiger partial charge in [-0.3, -0.25) is 9.20 Å². The van der Waals surface area contributed by atoms with Gasteiger partial charge in [0.1, 0.15) is 12.3 Å². The molecule has 0 spiro atoms. The molecule has 21 heavy (non-hydrogen) atoms. The van der Waals surface area contributed by atoms with E-state index in [1.165, 1.54) is 0 Å². The summed E-state index contributed by atoms with van der Waals surface area (Å²) in [5, 5.41) is 0. The molecule has 2 rings (SSSR count). The Morgan fingerprint density at radius 3 is 2.67 bits per heavy atom. The number of aromatic nitrogens is 2. The highest BCUT2D eigenvalue weighted by Crippen LogP contribution is 2.17. The third-order valence-corrected chi connectivity index (χ3v) is 3.41. The lowest BCUT2D eigenvalue weighted by atomic mass is 10.1. The number of rotatable bonds is 6. The summed E-state index contributed by atoms with van der Waals surface area (Å²) < 4.78 is 12.1. The number of methoxy groups -OCH3 is 1. The first-order valence-corrected chi connectivity index (χ1v) is 7.25. The van der Waals surface area contributed by atoms with E-state index in [9.17, 15) is 4.79 Å². The van der Waals surface area contributed by atoms with Crippen molar-refractivity contribution in [2.24, 2.45) is 0 Å². The molecule has 0 bridgehead atoms. The second-order valence-corrected chi connectivity index (χ2v) is 5.23. The average molecular weight is 290 g/mol. The number of hydrogen-bond acceptors (Lipinski definition) is 4. The molecule has 0 aliphatic carbocycles. The van der Waals surface area contributed by atoms with Crippen LogP contribution in [0.2, 0.25) is 0 Å². The van der Waals surface area contributed by atoms with Gasteiger partial charge in [-0.25, -0.2) is 4.98 Å². The molecule has 0 saturated carbocycles. The number of nitrogens with zero attached hydrogens (tertiary/aromatic N) is 2. The fourth-order valence-electron chi connectivity index (χ4n) is 2.14. The molecule has 2 heterocycles. The van der Waals surface area contributed by atoms with Crippen LogP contribution in [0, 0.1) is 0 Å². The van der Waals surface area contributed by atoms with Gasteiger partial charge >= 0.3 is 5.56 Å². The van der Waals surface area contributed by atoms with Crippen LogP contribution in [0.5, 0.6) is 5.75 Å². The summed E-state index contributed by atoms with van der Waals surface area (Å²) in [5.41, 5.74) is 2.28. The van der Waals surface area contributed by atoms with Crippen molar-refractivity contribution in [1.29, 1.82) is 0 Å². The van der Waals surface area contributed by atoms with E-state index in [1.807, 2.05) is 25.3 Å². The molecule has 0 aromatic carbocycles. The van der Waals surface area contributed by atoms with Gasteiger partial charge in [-0.05, 0) is 24.0 Å². The van der Waals surface area contributed by atoms with Gasteiger partial charge < -0.3 is 9.47 Å². The highest BCUT2D eigenvalue weighted by atomic mass is 16.5. The largest absolute Gasteiger partial charge is 0.484 e. The molecule has 0 saturated heterocycles. The van der Waals surface area contributed by atoms with Crippen LogP contribution >= 0.6 is 0 Å². The van der Waals surface area contributed by atoms with Gasteiger partial charge in [-0.15, -0.1) is 0 Å². The molecule has 114 valence electrons. The van der Waals surface area contributed by atoms with Crippen molar-refractivity contribution in [1.82, 2.24) is 9.38 Å². The van der Waals surface area contributed by atoms with Crippen LogP contribution in [0.25, 0.3) is 5.65 Å². The molecule has 0 amide bonds. The number of hydrogen-bond donors (Lipinski definition) is 0. The second kappa shape index (κ2) is 6.72. The van der Waals surface area contributed by atoms with Gasteiger partial charge in [0.05, 0.1) is 12.3 Å². The Bertz CT molecular complexity index is 677. The van der Waals surface area contributed by atoms with Crippen LogP contribution < -0.4 is 10.3 Å². The van der Waals surface area contributed by atoms with Crippen molar-refractivity contribution in [2.75, 3.05) is 20.3 Å². The van der Waals surface area contributed by atoms with Crippen molar-refractivity contribution in [2.45, 2.75) is 33.1 Å². The zero-order chi connectivity index (χ0) is 15.4. The highest BCUT2D eigenvalue weighted by molar-refractivity contribution is 5.44. The Hall–Kier alpha value is -1.88. The van der Waals surface area contributed by atoms with E-state index in [1.54, 1.807) is 11.5 Å². The predicted octanol–water partition coefficient (Wildman–Crippen LogP) is 2.41. The van der Waals surface area contributed by atoms with Gasteiger partial charge in [-0.1, -0.05) is 26.8 Å². The van der Waals surface area contributed by atoms with Gasteiger partial charge in [0.15, 0.2) is 0 Å². The maximum atomic E-state index is 12.6. The van der Waals surface area contributed by atoms with Gasteiger partial charge in [0.25, 0.3) is 0 Å². The topological polar surface area (TPSA) is 52.8 Å². The Labute approximate surface area is 124 Å². The summed E-state index contributed by atoms with van der Waals surface area (Å²) in [6.07, 6.45) is 2.50. The molecule has 0 atom stereocenters. The second-order valence-electron chi connectivity index (χ2n) is 5.23. The van der Waals surface area contributed by atoms with Gasteiger partial charge in [0, 0.05) is 13.3 Å². The summed E-state index contributed by atoms with van der Waals surface area (Å²) in [7, 11) is 1.60. The third kappa shape index (κ3) is 3.24. The lowest BCUT2D eigenvalue weighted by Crippen LogP contribution is -2.22. The van der Waals surface area contributed by atoms with Crippen molar-refractivity contribution in [3.8, 4) is 5.75 Å². The van der Waals surface area contributed by atoms with Crippen LogP contribution in [-0.4, -0.2) is 29.7 Å². The van der Waals surface area contributed by atoms with E-state index in [2.05, 4.69) is 18.8 Å². The Balaban J connectivity index is 2.55. The monoisotopic (exact) mass is 290 g/mol. The van der Waals surface area contributed by atoms with Crippen LogP contribution in [0.4, 0.5) is 0 Å². The number of fused-ring (bicyclic) bond motifs is 1. The zero-order valence-electron chi connectivity index (χ0n) is 13.0. The molecule has 0 unspecified atom stereocenters. The van der Waals surface area contributed by atoms with E-state index in [-0.39, 0.29) is 5.56 Å². The molecule has 0 radical (unpaired) electrons. The Kier molecular flexibility index (Phi) is 4.96. The van der Waals surface area contributed by atoms with Gasteiger partial charge in [-0.2, -0.15) is 0 Å². The van der Waals surface area contributed by atoms with E-state index in [0.717, 1.165) is 5.56 Å². The third-order valence-electron chi connectivity index (χ3n) is 3.41. The summed E-state index contributed by atoms with van der Waals surface area (Å²) in [6, 6.07) is 3.90. The predicted molar refractivity (Wildman–Crippen MR) is 82.3 cm³/mol. The zero-order valence-corrected chi connectivity index (χ0v) is 13.0. The SMILES string of the molecule is CCc1nc2ccc(C(C)C)cn2c(=O)c1OCCOC. The Morgan fingerprint density at radius 1 is 1.29 bits per heavy atom. The summed E-state index contributed by atoms with van der Waals surface area (Å²) in [4.78, 5) is 17.2. The van der Waals surface area contributed by atoms with E-state index < -0.39 is 0 Å². The van der Waals surface area contributed by atoms with Crippen molar-refractivity contribution in [3.63, 3.8) is 0 Å². The molecular weight excluding hydrogens is 268 g/mol. The first kappa shape index (κ1) is 15.5. The highest BCUT2D eigenvalue weighted by Gasteiger charge is 2.13. The summed E-state index contributed by atoms with van der Waals surface area (Å²) >= 11 is 0. The first-order valence-electron chi connectivity index (χ1n) is 7.25. The molecule has 0 fully saturated rings. The fraction of sp³-hybridized carbons (Fsp3) is 0.500. The van der Waals surface area contributed by atoms with E-state index >= 15 is 0 Å². The van der Waals surface area contributed by atoms with E-state index in [0.29, 0.717) is 42.6 Å². The molecule has 0 aliphatic heterocycles. The van der Waals surface area contributed by atoms with Crippen LogP contribution in [0.1, 0.15) is 37.9 Å². The average Bonchev–Trinajstić information content (AvgIpc) is 2.48. The minimum Gasteiger partial charge on any atom is -0.484 e. The minimum absolute atomic E-state index is 0.157. The number of pyridine rings is 1.